The van der Waals surface area contributed by atoms with E-state index in [1.807, 2.05) is 25.1 Å². The van der Waals surface area contributed by atoms with Crippen molar-refractivity contribution in [3.05, 3.63) is 92.5 Å². The summed E-state index contributed by atoms with van der Waals surface area (Å²) in [5, 5.41) is 6.27. The molecule has 3 amide bonds. The Hall–Kier alpha value is -3.33. The summed E-state index contributed by atoms with van der Waals surface area (Å²) >= 11 is 15.5. The molecule has 7 nitrogen and oxygen atoms in total. The molecule has 0 spiro atoms. The second kappa shape index (κ2) is 9.89. The van der Waals surface area contributed by atoms with Gasteiger partial charge in [0.15, 0.2) is 0 Å². The smallest absolute Gasteiger partial charge is 0.321 e. The van der Waals surface area contributed by atoms with Crippen LogP contribution in [0.4, 0.5) is 11.4 Å². The molecule has 0 aliphatic rings. The standard InChI is InChI=1S/C24H17BrCl2N4O3/c1-13-4-2-5-16(10-13)28-22(32)20-12-14-11-15(25)8-9-19(14)31(20)30-24(34)23(33)29-18-7-3-6-17(26)21(18)27/h2-12H,1H3,(H,28,32)(H,29,33)(H,30,34). The van der Waals surface area contributed by atoms with Crippen LogP contribution in [0.5, 0.6) is 0 Å². The predicted molar refractivity (Wildman–Crippen MR) is 138 cm³/mol. The number of carbonyl (C=O) groups excluding carboxylic acids is 3. The molecule has 0 atom stereocenters. The number of nitrogens with zero attached hydrogens (tertiary/aromatic N) is 1. The highest BCUT2D eigenvalue weighted by Crippen LogP contribution is 2.29. The number of amides is 3. The zero-order valence-corrected chi connectivity index (χ0v) is 20.8. The number of hydrogen-bond donors (Lipinski definition) is 3. The van der Waals surface area contributed by atoms with Crippen molar-refractivity contribution in [1.82, 2.24) is 4.68 Å². The molecule has 0 saturated heterocycles. The molecule has 1 heterocycles. The molecule has 0 bridgehead atoms. The Bertz CT molecular complexity index is 1450. The van der Waals surface area contributed by atoms with Crippen molar-refractivity contribution in [3.8, 4) is 0 Å². The molecule has 0 radical (unpaired) electrons. The van der Waals surface area contributed by atoms with E-state index < -0.39 is 17.7 Å². The molecule has 34 heavy (non-hydrogen) atoms. The van der Waals surface area contributed by atoms with Crippen LogP contribution in [0.3, 0.4) is 0 Å². The van der Waals surface area contributed by atoms with Crippen molar-refractivity contribution < 1.29 is 14.4 Å². The van der Waals surface area contributed by atoms with Crippen LogP contribution in [0, 0.1) is 6.92 Å². The number of nitrogens with one attached hydrogen (secondary N) is 3. The quantitative estimate of drug-likeness (QED) is 0.268. The van der Waals surface area contributed by atoms with Gasteiger partial charge in [-0.2, -0.15) is 0 Å². The minimum atomic E-state index is -0.999. The molecule has 0 fully saturated rings. The molecule has 4 aromatic rings. The number of aryl methyl sites for hydroxylation is 1. The number of anilines is 2. The average molecular weight is 560 g/mol. The van der Waals surface area contributed by atoms with E-state index in [2.05, 4.69) is 32.0 Å². The maximum absolute atomic E-state index is 13.1. The van der Waals surface area contributed by atoms with E-state index in [9.17, 15) is 14.4 Å². The van der Waals surface area contributed by atoms with Crippen LogP contribution < -0.4 is 16.1 Å². The Labute approximate surface area is 213 Å². The molecule has 0 aliphatic heterocycles. The molecular formula is C24H17BrCl2N4O3. The molecule has 0 saturated carbocycles. The minimum Gasteiger partial charge on any atom is -0.321 e. The fraction of sp³-hybridized carbons (Fsp3) is 0.0417. The molecule has 3 N–H and O–H groups in total. The topological polar surface area (TPSA) is 92.2 Å². The van der Waals surface area contributed by atoms with Crippen molar-refractivity contribution in [2.45, 2.75) is 6.92 Å². The highest BCUT2D eigenvalue weighted by molar-refractivity contribution is 9.10. The van der Waals surface area contributed by atoms with Gasteiger partial charge in [-0.3, -0.25) is 19.8 Å². The van der Waals surface area contributed by atoms with Gasteiger partial charge < -0.3 is 10.6 Å². The summed E-state index contributed by atoms with van der Waals surface area (Å²) in [5.41, 5.74) is 4.93. The van der Waals surface area contributed by atoms with Crippen molar-refractivity contribution in [1.29, 1.82) is 0 Å². The Balaban J connectivity index is 1.64. The fourth-order valence-corrected chi connectivity index (χ4v) is 4.05. The van der Waals surface area contributed by atoms with E-state index >= 15 is 0 Å². The first-order valence-electron chi connectivity index (χ1n) is 9.98. The normalized spacial score (nSPS) is 10.7. The second-order valence-electron chi connectivity index (χ2n) is 7.39. The lowest BCUT2D eigenvalue weighted by Crippen LogP contribution is -2.36. The maximum atomic E-state index is 13.1. The summed E-state index contributed by atoms with van der Waals surface area (Å²) in [7, 11) is 0. The van der Waals surface area contributed by atoms with Gasteiger partial charge in [0.1, 0.15) is 5.69 Å². The number of aromatic nitrogens is 1. The van der Waals surface area contributed by atoms with Gasteiger partial charge in [-0.15, -0.1) is 0 Å². The largest absolute Gasteiger partial charge is 0.328 e. The van der Waals surface area contributed by atoms with Crippen molar-refractivity contribution in [2.75, 3.05) is 16.1 Å². The van der Waals surface area contributed by atoms with Crippen LogP contribution in [0.2, 0.25) is 10.0 Å². The Morgan fingerprint density at radius 3 is 2.41 bits per heavy atom. The third-order valence-electron chi connectivity index (χ3n) is 4.89. The lowest BCUT2D eigenvalue weighted by Gasteiger charge is -2.13. The van der Waals surface area contributed by atoms with Crippen LogP contribution in [0.15, 0.2) is 71.2 Å². The van der Waals surface area contributed by atoms with Crippen LogP contribution >= 0.6 is 39.1 Å². The van der Waals surface area contributed by atoms with Gasteiger partial charge in [0, 0.05) is 15.5 Å². The number of carbonyl (C=O) groups is 3. The Morgan fingerprint density at radius 1 is 0.882 bits per heavy atom. The summed E-state index contributed by atoms with van der Waals surface area (Å²) in [6.45, 7) is 1.91. The lowest BCUT2D eigenvalue weighted by molar-refractivity contribution is -0.133. The summed E-state index contributed by atoms with van der Waals surface area (Å²) in [4.78, 5) is 38.4. The van der Waals surface area contributed by atoms with Gasteiger partial charge in [-0.1, -0.05) is 57.3 Å². The lowest BCUT2D eigenvalue weighted by atomic mass is 10.2. The maximum Gasteiger partial charge on any atom is 0.328 e. The van der Waals surface area contributed by atoms with E-state index in [0.29, 0.717) is 16.6 Å². The summed E-state index contributed by atoms with van der Waals surface area (Å²) in [5.74, 6) is -2.44. The number of rotatable bonds is 4. The van der Waals surface area contributed by atoms with Crippen LogP contribution in [0.25, 0.3) is 10.9 Å². The van der Waals surface area contributed by atoms with E-state index in [0.717, 1.165) is 10.0 Å². The first kappa shape index (κ1) is 23.8. The van der Waals surface area contributed by atoms with E-state index in [4.69, 9.17) is 23.2 Å². The molecular weight excluding hydrogens is 543 g/mol. The third kappa shape index (κ3) is 5.09. The van der Waals surface area contributed by atoms with Gasteiger partial charge in [0.25, 0.3) is 5.91 Å². The van der Waals surface area contributed by atoms with Crippen LogP contribution in [0.1, 0.15) is 16.1 Å². The van der Waals surface area contributed by atoms with Gasteiger partial charge in [-0.05, 0) is 61.0 Å². The van der Waals surface area contributed by atoms with Crippen LogP contribution in [-0.2, 0) is 9.59 Å². The van der Waals surface area contributed by atoms with Gasteiger partial charge in [0.2, 0.25) is 0 Å². The van der Waals surface area contributed by atoms with Crippen molar-refractivity contribution in [2.24, 2.45) is 0 Å². The third-order valence-corrected chi connectivity index (χ3v) is 6.20. The molecule has 3 aromatic carbocycles. The number of fused-ring (bicyclic) bond motifs is 1. The van der Waals surface area contributed by atoms with Crippen molar-refractivity contribution in [3.63, 3.8) is 0 Å². The van der Waals surface area contributed by atoms with Crippen molar-refractivity contribution >= 4 is 79.1 Å². The SMILES string of the molecule is Cc1cccc(NC(=O)c2cc3cc(Br)ccc3n2NC(=O)C(=O)Nc2cccc(Cl)c2Cl)c1. The molecule has 172 valence electrons. The molecule has 1 aromatic heterocycles. The van der Waals surface area contributed by atoms with Gasteiger partial charge in [0.05, 0.1) is 21.2 Å². The highest BCUT2D eigenvalue weighted by atomic mass is 79.9. The van der Waals surface area contributed by atoms with E-state index in [-0.39, 0.29) is 21.4 Å². The predicted octanol–water partition coefficient (Wildman–Crippen LogP) is 5.98. The molecule has 0 unspecified atom stereocenters. The summed E-state index contributed by atoms with van der Waals surface area (Å²) < 4.78 is 2.07. The second-order valence-corrected chi connectivity index (χ2v) is 9.09. The highest BCUT2D eigenvalue weighted by Gasteiger charge is 2.22. The number of halogens is 3. The average Bonchev–Trinajstić information content (AvgIpc) is 3.14. The Morgan fingerprint density at radius 2 is 1.65 bits per heavy atom. The first-order valence-corrected chi connectivity index (χ1v) is 11.5. The monoisotopic (exact) mass is 558 g/mol. The fourth-order valence-electron chi connectivity index (χ4n) is 3.32. The van der Waals surface area contributed by atoms with Gasteiger partial charge in [-0.25, -0.2) is 4.68 Å². The first-order chi connectivity index (χ1) is 16.2. The zero-order chi connectivity index (χ0) is 24.4. The minimum absolute atomic E-state index is 0.111. The van der Waals surface area contributed by atoms with E-state index in [1.54, 1.807) is 42.5 Å². The molecule has 10 heteroatoms. The number of benzene rings is 3. The number of hydrogen-bond acceptors (Lipinski definition) is 3. The Kier molecular flexibility index (Phi) is 6.92. The van der Waals surface area contributed by atoms with Gasteiger partial charge >= 0.3 is 11.8 Å². The zero-order valence-electron chi connectivity index (χ0n) is 17.7. The molecule has 4 rings (SSSR count). The summed E-state index contributed by atoms with van der Waals surface area (Å²) in [6, 6.07) is 18.9. The van der Waals surface area contributed by atoms with E-state index in [1.165, 1.54) is 10.7 Å². The summed E-state index contributed by atoms with van der Waals surface area (Å²) in [6.07, 6.45) is 0. The molecule has 0 aliphatic carbocycles. The van der Waals surface area contributed by atoms with Crippen LogP contribution in [-0.4, -0.2) is 22.4 Å².